The fourth-order valence-corrected chi connectivity index (χ4v) is 1.74. The first-order chi connectivity index (χ1) is 9.97. The second-order valence-electron chi connectivity index (χ2n) is 5.09. The molecule has 0 atom stereocenters. The first-order valence-corrected chi connectivity index (χ1v) is 6.69. The highest BCUT2D eigenvalue weighted by atomic mass is 16.2. The Hall–Kier alpha value is -2.63. The number of anilines is 2. The van der Waals surface area contributed by atoms with E-state index in [1.54, 1.807) is 31.2 Å². The SMILES string of the molecule is Cc1[nH]ncc1C(=O)Nc1cccc(NC(=O)C(C)C)c1. The zero-order valence-corrected chi connectivity index (χ0v) is 12.2. The Kier molecular flexibility index (Phi) is 4.37. The van der Waals surface area contributed by atoms with Crippen LogP contribution in [0.3, 0.4) is 0 Å². The molecule has 6 heteroatoms. The zero-order chi connectivity index (χ0) is 15.4. The molecule has 0 aliphatic rings. The molecule has 21 heavy (non-hydrogen) atoms. The molecular weight excluding hydrogens is 268 g/mol. The minimum absolute atomic E-state index is 0.0656. The van der Waals surface area contributed by atoms with Gasteiger partial charge in [0.25, 0.3) is 5.91 Å². The fraction of sp³-hybridized carbons (Fsp3) is 0.267. The van der Waals surface area contributed by atoms with Crippen LogP contribution in [0.5, 0.6) is 0 Å². The van der Waals surface area contributed by atoms with Crippen molar-refractivity contribution in [3.8, 4) is 0 Å². The lowest BCUT2D eigenvalue weighted by molar-refractivity contribution is -0.118. The average Bonchev–Trinajstić information content (AvgIpc) is 2.85. The highest BCUT2D eigenvalue weighted by Crippen LogP contribution is 2.17. The largest absolute Gasteiger partial charge is 0.326 e. The van der Waals surface area contributed by atoms with Crippen LogP contribution in [0.4, 0.5) is 11.4 Å². The van der Waals surface area contributed by atoms with Crippen LogP contribution in [0.25, 0.3) is 0 Å². The summed E-state index contributed by atoms with van der Waals surface area (Å²) in [7, 11) is 0. The van der Waals surface area contributed by atoms with Crippen molar-refractivity contribution >= 4 is 23.2 Å². The molecule has 2 rings (SSSR count). The van der Waals surface area contributed by atoms with Crippen molar-refractivity contribution in [2.75, 3.05) is 10.6 Å². The minimum Gasteiger partial charge on any atom is -0.326 e. The van der Waals surface area contributed by atoms with Gasteiger partial charge in [0, 0.05) is 23.0 Å². The summed E-state index contributed by atoms with van der Waals surface area (Å²) in [5.74, 6) is -0.408. The number of hydrogen-bond acceptors (Lipinski definition) is 3. The number of hydrogen-bond donors (Lipinski definition) is 3. The van der Waals surface area contributed by atoms with Crippen molar-refractivity contribution in [2.45, 2.75) is 20.8 Å². The third kappa shape index (κ3) is 3.68. The quantitative estimate of drug-likeness (QED) is 0.807. The van der Waals surface area contributed by atoms with Crippen LogP contribution >= 0.6 is 0 Å². The highest BCUT2D eigenvalue weighted by molar-refractivity contribution is 6.05. The van der Waals surface area contributed by atoms with Crippen LogP contribution < -0.4 is 10.6 Å². The predicted octanol–water partition coefficient (Wildman–Crippen LogP) is 2.56. The number of rotatable bonds is 4. The molecule has 3 N–H and O–H groups in total. The highest BCUT2D eigenvalue weighted by Gasteiger charge is 2.12. The Morgan fingerprint density at radius 3 is 2.43 bits per heavy atom. The van der Waals surface area contributed by atoms with Gasteiger partial charge in [0.2, 0.25) is 5.91 Å². The van der Waals surface area contributed by atoms with Crippen LogP contribution in [0, 0.1) is 12.8 Å². The fourth-order valence-electron chi connectivity index (χ4n) is 1.74. The number of carbonyl (C=O) groups excluding carboxylic acids is 2. The smallest absolute Gasteiger partial charge is 0.259 e. The molecule has 0 spiro atoms. The molecule has 2 aromatic rings. The van der Waals surface area contributed by atoms with Gasteiger partial charge in [0.15, 0.2) is 0 Å². The Bertz CT molecular complexity index is 661. The minimum atomic E-state index is -0.242. The van der Waals surface area contributed by atoms with Gasteiger partial charge < -0.3 is 10.6 Å². The molecule has 0 radical (unpaired) electrons. The van der Waals surface area contributed by atoms with Gasteiger partial charge in [-0.2, -0.15) is 5.10 Å². The van der Waals surface area contributed by atoms with Crippen molar-refractivity contribution < 1.29 is 9.59 Å². The first-order valence-electron chi connectivity index (χ1n) is 6.69. The maximum Gasteiger partial charge on any atom is 0.259 e. The first kappa shape index (κ1) is 14.8. The molecule has 0 aliphatic heterocycles. The van der Waals surface area contributed by atoms with Gasteiger partial charge >= 0.3 is 0 Å². The van der Waals surface area contributed by atoms with E-state index in [2.05, 4.69) is 20.8 Å². The monoisotopic (exact) mass is 286 g/mol. The van der Waals surface area contributed by atoms with Gasteiger partial charge in [-0.05, 0) is 25.1 Å². The molecular formula is C15H18N4O2. The summed E-state index contributed by atoms with van der Waals surface area (Å²) in [6.45, 7) is 5.42. The van der Waals surface area contributed by atoms with Crippen LogP contribution in [0.2, 0.25) is 0 Å². The molecule has 1 aromatic heterocycles. The maximum atomic E-state index is 12.1. The Balaban J connectivity index is 2.09. The van der Waals surface area contributed by atoms with E-state index in [9.17, 15) is 9.59 Å². The summed E-state index contributed by atoms with van der Waals surface area (Å²) < 4.78 is 0. The number of H-pyrrole nitrogens is 1. The number of aromatic amines is 1. The molecule has 6 nitrogen and oxygen atoms in total. The number of carbonyl (C=O) groups is 2. The van der Waals surface area contributed by atoms with Crippen molar-refractivity contribution in [3.63, 3.8) is 0 Å². The van der Waals surface area contributed by atoms with Gasteiger partial charge in [-0.1, -0.05) is 19.9 Å². The summed E-state index contributed by atoms with van der Waals surface area (Å²) in [4.78, 5) is 23.7. The molecule has 1 heterocycles. The topological polar surface area (TPSA) is 86.9 Å². The van der Waals surface area contributed by atoms with Gasteiger partial charge in [-0.15, -0.1) is 0 Å². The third-order valence-electron chi connectivity index (χ3n) is 2.99. The van der Waals surface area contributed by atoms with E-state index in [1.165, 1.54) is 6.20 Å². The van der Waals surface area contributed by atoms with E-state index in [-0.39, 0.29) is 17.7 Å². The zero-order valence-electron chi connectivity index (χ0n) is 12.2. The lowest BCUT2D eigenvalue weighted by atomic mass is 10.2. The van der Waals surface area contributed by atoms with E-state index >= 15 is 0 Å². The number of nitrogens with one attached hydrogen (secondary N) is 3. The molecule has 2 amide bonds. The molecule has 0 saturated heterocycles. The summed E-state index contributed by atoms with van der Waals surface area (Å²) in [6, 6.07) is 7.03. The molecule has 0 saturated carbocycles. The lowest BCUT2D eigenvalue weighted by Gasteiger charge is -2.10. The Labute approximate surface area is 122 Å². The van der Waals surface area contributed by atoms with E-state index in [0.717, 1.165) is 0 Å². The number of amides is 2. The number of aryl methyl sites for hydroxylation is 1. The van der Waals surface area contributed by atoms with Crippen LogP contribution in [-0.2, 0) is 4.79 Å². The number of benzene rings is 1. The van der Waals surface area contributed by atoms with E-state index in [4.69, 9.17) is 0 Å². The van der Waals surface area contributed by atoms with Crippen molar-refractivity contribution in [3.05, 3.63) is 41.7 Å². The van der Waals surface area contributed by atoms with E-state index in [1.807, 2.05) is 13.8 Å². The predicted molar refractivity (Wildman–Crippen MR) is 81.2 cm³/mol. The van der Waals surface area contributed by atoms with E-state index < -0.39 is 0 Å². The molecule has 0 aliphatic carbocycles. The van der Waals surface area contributed by atoms with Gasteiger partial charge in [0.05, 0.1) is 11.8 Å². The normalized spacial score (nSPS) is 10.5. The Morgan fingerprint density at radius 1 is 1.19 bits per heavy atom. The summed E-state index contributed by atoms with van der Waals surface area (Å²) in [5.41, 5.74) is 2.46. The lowest BCUT2D eigenvalue weighted by Crippen LogP contribution is -2.18. The van der Waals surface area contributed by atoms with Crippen molar-refractivity contribution in [1.82, 2.24) is 10.2 Å². The van der Waals surface area contributed by atoms with Gasteiger partial charge in [-0.3, -0.25) is 14.7 Å². The second kappa shape index (κ2) is 6.21. The summed E-state index contributed by atoms with van der Waals surface area (Å²) in [6.07, 6.45) is 1.48. The molecule has 110 valence electrons. The summed E-state index contributed by atoms with van der Waals surface area (Å²) >= 11 is 0. The van der Waals surface area contributed by atoms with Crippen LogP contribution in [0.15, 0.2) is 30.5 Å². The van der Waals surface area contributed by atoms with Gasteiger partial charge in [0.1, 0.15) is 0 Å². The van der Waals surface area contributed by atoms with E-state index in [0.29, 0.717) is 22.6 Å². The summed E-state index contributed by atoms with van der Waals surface area (Å²) in [5, 5.41) is 12.1. The number of nitrogens with zero attached hydrogens (tertiary/aromatic N) is 1. The standard InChI is InChI=1S/C15H18N4O2/c1-9(2)14(20)17-11-5-4-6-12(7-11)18-15(21)13-8-16-19-10(13)3/h4-9H,1-3H3,(H,16,19)(H,17,20)(H,18,21). The molecule has 0 unspecified atom stereocenters. The average molecular weight is 286 g/mol. The second-order valence-corrected chi connectivity index (χ2v) is 5.09. The molecule has 0 bridgehead atoms. The van der Waals surface area contributed by atoms with Crippen molar-refractivity contribution in [2.24, 2.45) is 5.92 Å². The van der Waals surface area contributed by atoms with Crippen LogP contribution in [-0.4, -0.2) is 22.0 Å². The van der Waals surface area contributed by atoms with Gasteiger partial charge in [-0.25, -0.2) is 0 Å². The van der Waals surface area contributed by atoms with Crippen molar-refractivity contribution in [1.29, 1.82) is 0 Å². The third-order valence-corrected chi connectivity index (χ3v) is 2.99. The number of aromatic nitrogens is 2. The molecule has 1 aromatic carbocycles. The Morgan fingerprint density at radius 2 is 1.86 bits per heavy atom. The molecule has 0 fully saturated rings. The van der Waals surface area contributed by atoms with Crippen LogP contribution in [0.1, 0.15) is 29.9 Å². The maximum absolute atomic E-state index is 12.1.